The van der Waals surface area contributed by atoms with Gasteiger partial charge < -0.3 is 18.8 Å². The van der Waals surface area contributed by atoms with Crippen LogP contribution in [0.3, 0.4) is 0 Å². The molecule has 2 unspecified atom stereocenters. The number of nitrogens with zero attached hydrogens (tertiary/aromatic N) is 2. The summed E-state index contributed by atoms with van der Waals surface area (Å²) in [5, 5.41) is 0.691. The summed E-state index contributed by atoms with van der Waals surface area (Å²) in [6, 6.07) is 14.1. The zero-order valence-electron chi connectivity index (χ0n) is 16.5. The Kier molecular flexibility index (Phi) is 6.79. The summed E-state index contributed by atoms with van der Waals surface area (Å²) in [4.78, 5) is 4.11. The number of aryl methyl sites for hydroxylation is 1. The van der Waals surface area contributed by atoms with Gasteiger partial charge in [0, 0.05) is 23.8 Å². The summed E-state index contributed by atoms with van der Waals surface area (Å²) in [6.45, 7) is 1.87. The Balaban J connectivity index is 1.35. The van der Waals surface area contributed by atoms with Gasteiger partial charge in [0.1, 0.15) is 11.9 Å². The van der Waals surface area contributed by atoms with Crippen molar-refractivity contribution in [3.63, 3.8) is 0 Å². The van der Waals surface area contributed by atoms with Crippen molar-refractivity contribution in [1.82, 2.24) is 9.55 Å². The Labute approximate surface area is 180 Å². The largest absolute Gasteiger partial charge is 0.374 e. The molecule has 1 aliphatic heterocycles. The normalized spacial score (nSPS) is 21.2. The van der Waals surface area contributed by atoms with Gasteiger partial charge in [-0.15, -0.1) is 0 Å². The maximum absolute atomic E-state index is 13.2. The van der Waals surface area contributed by atoms with E-state index in [1.165, 1.54) is 12.1 Å². The minimum atomic E-state index is -0.779. The number of hydrogen-bond donors (Lipinski definition) is 0. The maximum Gasteiger partial charge on any atom is 0.187 e. The highest BCUT2D eigenvalue weighted by molar-refractivity contribution is 6.30. The minimum Gasteiger partial charge on any atom is -0.374 e. The molecule has 0 amide bonds. The SMILES string of the molecule is Fc1ccc(CCC2(Cn3ccnc3)OCC(COCc3cccc(Cl)c3)O2)cc1. The van der Waals surface area contributed by atoms with Crippen molar-refractivity contribution >= 4 is 11.6 Å². The molecule has 2 atom stereocenters. The predicted molar refractivity (Wildman–Crippen MR) is 112 cm³/mol. The highest BCUT2D eigenvalue weighted by Crippen LogP contribution is 2.31. The summed E-state index contributed by atoms with van der Waals surface area (Å²) in [6.07, 6.45) is 6.55. The molecular weight excluding hydrogens is 407 g/mol. The number of imidazole rings is 1. The van der Waals surface area contributed by atoms with Crippen LogP contribution in [0.25, 0.3) is 0 Å². The van der Waals surface area contributed by atoms with Crippen molar-refractivity contribution in [3.05, 3.63) is 89.2 Å². The van der Waals surface area contributed by atoms with E-state index in [1.807, 2.05) is 35.0 Å². The van der Waals surface area contributed by atoms with Crippen LogP contribution >= 0.6 is 11.6 Å². The van der Waals surface area contributed by atoms with Gasteiger partial charge in [-0.3, -0.25) is 0 Å². The molecule has 4 rings (SSSR count). The molecule has 1 fully saturated rings. The van der Waals surface area contributed by atoms with Crippen LogP contribution in [0, 0.1) is 5.82 Å². The highest BCUT2D eigenvalue weighted by atomic mass is 35.5. The molecule has 30 heavy (non-hydrogen) atoms. The van der Waals surface area contributed by atoms with Gasteiger partial charge in [0.2, 0.25) is 0 Å². The van der Waals surface area contributed by atoms with Crippen LogP contribution < -0.4 is 0 Å². The maximum atomic E-state index is 13.2. The smallest absolute Gasteiger partial charge is 0.187 e. The fourth-order valence-electron chi connectivity index (χ4n) is 3.57. The van der Waals surface area contributed by atoms with Crippen molar-refractivity contribution in [2.75, 3.05) is 13.2 Å². The zero-order chi connectivity index (χ0) is 20.8. The van der Waals surface area contributed by atoms with E-state index in [1.54, 1.807) is 24.7 Å². The lowest BCUT2D eigenvalue weighted by atomic mass is 10.0. The third-order valence-corrected chi connectivity index (χ3v) is 5.30. The molecule has 0 N–H and O–H groups in total. The average Bonchev–Trinajstić information content (AvgIpc) is 3.39. The quantitative estimate of drug-likeness (QED) is 0.496. The Morgan fingerprint density at radius 3 is 2.83 bits per heavy atom. The van der Waals surface area contributed by atoms with Crippen LogP contribution in [0.4, 0.5) is 4.39 Å². The van der Waals surface area contributed by atoms with Gasteiger partial charge in [0.25, 0.3) is 0 Å². The average molecular weight is 431 g/mol. The van der Waals surface area contributed by atoms with Gasteiger partial charge >= 0.3 is 0 Å². The molecule has 0 radical (unpaired) electrons. The number of ether oxygens (including phenoxy) is 3. The number of aromatic nitrogens is 2. The lowest BCUT2D eigenvalue weighted by molar-refractivity contribution is -0.187. The summed E-state index contributed by atoms with van der Waals surface area (Å²) in [5.41, 5.74) is 2.05. The van der Waals surface area contributed by atoms with Gasteiger partial charge in [-0.1, -0.05) is 35.9 Å². The summed E-state index contributed by atoms with van der Waals surface area (Å²) >= 11 is 6.02. The zero-order valence-corrected chi connectivity index (χ0v) is 17.3. The Bertz CT molecular complexity index is 936. The molecule has 3 aromatic rings. The van der Waals surface area contributed by atoms with E-state index in [-0.39, 0.29) is 11.9 Å². The molecule has 0 bridgehead atoms. The van der Waals surface area contributed by atoms with Crippen LogP contribution in [-0.2, 0) is 33.8 Å². The van der Waals surface area contributed by atoms with E-state index in [9.17, 15) is 4.39 Å². The molecule has 5 nitrogen and oxygen atoms in total. The van der Waals surface area contributed by atoms with E-state index in [2.05, 4.69) is 4.98 Å². The van der Waals surface area contributed by atoms with Gasteiger partial charge in [-0.25, -0.2) is 9.37 Å². The number of benzene rings is 2. The second kappa shape index (κ2) is 9.71. The van der Waals surface area contributed by atoms with E-state index in [4.69, 9.17) is 25.8 Å². The first-order chi connectivity index (χ1) is 14.6. The summed E-state index contributed by atoms with van der Waals surface area (Å²) < 4.78 is 33.5. The Hall–Kier alpha value is -2.25. The summed E-state index contributed by atoms with van der Waals surface area (Å²) in [5.74, 6) is -1.02. The van der Waals surface area contributed by atoms with E-state index in [0.717, 1.165) is 11.1 Å². The lowest BCUT2D eigenvalue weighted by Gasteiger charge is -2.28. The number of halogens is 2. The third kappa shape index (κ3) is 5.67. The first kappa shape index (κ1) is 21.0. The number of rotatable bonds is 9. The lowest BCUT2D eigenvalue weighted by Crippen LogP contribution is -2.37. The van der Waals surface area contributed by atoms with Gasteiger partial charge in [0.15, 0.2) is 5.79 Å². The van der Waals surface area contributed by atoms with Gasteiger partial charge in [-0.05, 0) is 41.8 Å². The van der Waals surface area contributed by atoms with Crippen molar-refractivity contribution in [2.45, 2.75) is 37.9 Å². The molecular formula is C23H24ClFN2O3. The number of hydrogen-bond acceptors (Lipinski definition) is 4. The van der Waals surface area contributed by atoms with E-state index < -0.39 is 5.79 Å². The first-order valence-corrected chi connectivity index (χ1v) is 10.3. The predicted octanol–water partition coefficient (Wildman–Crippen LogP) is 4.64. The molecule has 0 spiro atoms. The van der Waals surface area contributed by atoms with Crippen LogP contribution in [0.1, 0.15) is 17.5 Å². The monoisotopic (exact) mass is 430 g/mol. The molecule has 158 valence electrons. The molecule has 2 aromatic carbocycles. The van der Waals surface area contributed by atoms with Crippen molar-refractivity contribution in [1.29, 1.82) is 0 Å². The highest BCUT2D eigenvalue weighted by Gasteiger charge is 2.41. The molecule has 2 heterocycles. The fraction of sp³-hybridized carbons (Fsp3) is 0.348. The van der Waals surface area contributed by atoms with Crippen LogP contribution in [-0.4, -0.2) is 34.7 Å². The van der Waals surface area contributed by atoms with E-state index >= 15 is 0 Å². The summed E-state index contributed by atoms with van der Waals surface area (Å²) in [7, 11) is 0. The Morgan fingerprint density at radius 1 is 1.20 bits per heavy atom. The molecule has 1 aliphatic rings. The topological polar surface area (TPSA) is 45.5 Å². The van der Waals surface area contributed by atoms with Gasteiger partial charge in [0.05, 0.1) is 32.7 Å². The molecule has 1 aromatic heterocycles. The molecule has 0 aliphatic carbocycles. The fourth-order valence-corrected chi connectivity index (χ4v) is 3.78. The first-order valence-electron chi connectivity index (χ1n) is 9.94. The minimum absolute atomic E-state index is 0.166. The third-order valence-electron chi connectivity index (χ3n) is 5.07. The molecule has 1 saturated heterocycles. The second-order valence-electron chi connectivity index (χ2n) is 7.47. The van der Waals surface area contributed by atoms with Crippen LogP contribution in [0.5, 0.6) is 0 Å². The van der Waals surface area contributed by atoms with Crippen molar-refractivity contribution in [3.8, 4) is 0 Å². The Morgan fingerprint density at radius 2 is 2.07 bits per heavy atom. The van der Waals surface area contributed by atoms with Gasteiger partial charge in [-0.2, -0.15) is 0 Å². The second-order valence-corrected chi connectivity index (χ2v) is 7.90. The molecule has 0 saturated carbocycles. The molecule has 7 heteroatoms. The van der Waals surface area contributed by atoms with Crippen molar-refractivity contribution < 1.29 is 18.6 Å². The van der Waals surface area contributed by atoms with Crippen LogP contribution in [0.15, 0.2) is 67.3 Å². The van der Waals surface area contributed by atoms with Crippen molar-refractivity contribution in [2.24, 2.45) is 0 Å². The standard InChI is InChI=1S/C23H24ClFN2O3/c24-20-3-1-2-19(12-20)13-28-14-22-15-29-23(30-22,16-27-11-10-26-17-27)9-8-18-4-6-21(25)7-5-18/h1-7,10-12,17,22H,8-9,13-16H2. The van der Waals surface area contributed by atoms with Crippen LogP contribution in [0.2, 0.25) is 5.02 Å². The van der Waals surface area contributed by atoms with E-state index in [0.29, 0.717) is 44.2 Å².